The Morgan fingerprint density at radius 1 is 1.40 bits per heavy atom. The molecule has 110 valence electrons. The van der Waals surface area contributed by atoms with Crippen LogP contribution in [0.2, 0.25) is 0 Å². The van der Waals surface area contributed by atoms with Gasteiger partial charge in [-0.15, -0.1) is 0 Å². The summed E-state index contributed by atoms with van der Waals surface area (Å²) in [5, 5.41) is 0. The van der Waals surface area contributed by atoms with E-state index in [2.05, 4.69) is 9.97 Å². The molecule has 1 aliphatic heterocycles. The van der Waals surface area contributed by atoms with Crippen LogP contribution in [0.25, 0.3) is 0 Å². The second-order valence-electron chi connectivity index (χ2n) is 4.62. The lowest BCUT2D eigenvalue weighted by Crippen LogP contribution is -2.40. The van der Waals surface area contributed by atoms with Crippen molar-refractivity contribution in [3.05, 3.63) is 22.1 Å². The van der Waals surface area contributed by atoms with Gasteiger partial charge < -0.3 is 10.6 Å². The maximum absolute atomic E-state index is 12.6. The zero-order valence-corrected chi connectivity index (χ0v) is 10.4. The number of halogens is 3. The lowest BCUT2D eigenvalue weighted by Gasteiger charge is -2.31. The van der Waals surface area contributed by atoms with E-state index in [1.807, 2.05) is 0 Å². The summed E-state index contributed by atoms with van der Waals surface area (Å²) in [6.45, 7) is 0.635. The van der Waals surface area contributed by atoms with Crippen LogP contribution >= 0.6 is 0 Å². The molecule has 0 bridgehead atoms. The molecule has 0 aliphatic carbocycles. The molecular formula is C11H13F3N4O2. The summed E-state index contributed by atoms with van der Waals surface area (Å²) in [6.07, 6.45) is -3.82. The van der Waals surface area contributed by atoms with Gasteiger partial charge in [-0.05, 0) is 12.8 Å². The number of carbonyl (C=O) groups is 1. The maximum atomic E-state index is 12.6. The van der Waals surface area contributed by atoms with Gasteiger partial charge in [-0.1, -0.05) is 0 Å². The van der Waals surface area contributed by atoms with Gasteiger partial charge in [-0.3, -0.25) is 14.6 Å². The van der Waals surface area contributed by atoms with Crippen LogP contribution in [-0.2, 0) is 11.0 Å². The third-order valence-corrected chi connectivity index (χ3v) is 3.22. The van der Waals surface area contributed by atoms with Crippen molar-refractivity contribution in [1.82, 2.24) is 9.97 Å². The lowest BCUT2D eigenvalue weighted by atomic mass is 9.96. The highest BCUT2D eigenvalue weighted by atomic mass is 19.4. The van der Waals surface area contributed by atoms with E-state index in [0.29, 0.717) is 32.0 Å². The van der Waals surface area contributed by atoms with E-state index in [9.17, 15) is 22.8 Å². The highest BCUT2D eigenvalue weighted by Crippen LogP contribution is 2.28. The first kappa shape index (κ1) is 14.4. The largest absolute Gasteiger partial charge is 0.433 e. The minimum absolute atomic E-state index is 0.132. The normalized spacial score (nSPS) is 17.2. The predicted molar refractivity (Wildman–Crippen MR) is 64.0 cm³/mol. The smallest absolute Gasteiger partial charge is 0.369 e. The van der Waals surface area contributed by atoms with Gasteiger partial charge in [0.25, 0.3) is 5.56 Å². The van der Waals surface area contributed by atoms with Crippen molar-refractivity contribution >= 4 is 11.9 Å². The summed E-state index contributed by atoms with van der Waals surface area (Å²) in [5.41, 5.74) is 3.09. The topological polar surface area (TPSA) is 92.1 Å². The molecule has 6 nitrogen and oxygen atoms in total. The van der Waals surface area contributed by atoms with Crippen molar-refractivity contribution < 1.29 is 18.0 Å². The fraction of sp³-hybridized carbons (Fsp3) is 0.545. The molecule has 0 aromatic carbocycles. The minimum atomic E-state index is -4.67. The summed E-state index contributed by atoms with van der Waals surface area (Å²) in [7, 11) is 0. The van der Waals surface area contributed by atoms with Gasteiger partial charge in [0.05, 0.1) is 0 Å². The summed E-state index contributed by atoms with van der Waals surface area (Å²) >= 11 is 0. The van der Waals surface area contributed by atoms with Crippen molar-refractivity contribution in [2.45, 2.75) is 19.0 Å². The van der Waals surface area contributed by atoms with Crippen LogP contribution in [0.15, 0.2) is 10.9 Å². The quantitative estimate of drug-likeness (QED) is 0.829. The maximum Gasteiger partial charge on any atom is 0.433 e. The molecule has 1 saturated heterocycles. The monoisotopic (exact) mass is 290 g/mol. The molecule has 0 saturated carbocycles. The Morgan fingerprint density at radius 2 is 2.00 bits per heavy atom. The highest BCUT2D eigenvalue weighted by Gasteiger charge is 2.34. The number of hydrogen-bond donors (Lipinski definition) is 2. The standard InChI is InChI=1S/C11H13F3N4O2/c12-11(13,14)7-5-8(19)17-10(16-7)18-3-1-6(2-4-18)9(15)20/h5-6H,1-4H2,(H2,15,20)(H,16,17,19). The van der Waals surface area contributed by atoms with Gasteiger partial charge in [-0.2, -0.15) is 13.2 Å². The van der Waals surface area contributed by atoms with E-state index >= 15 is 0 Å². The van der Waals surface area contributed by atoms with Crippen LogP contribution in [0.3, 0.4) is 0 Å². The number of nitrogens with two attached hydrogens (primary N) is 1. The van der Waals surface area contributed by atoms with Crippen LogP contribution in [0, 0.1) is 5.92 Å². The summed E-state index contributed by atoms with van der Waals surface area (Å²) in [6, 6.07) is 0.416. The molecule has 9 heteroatoms. The molecule has 0 unspecified atom stereocenters. The second kappa shape index (κ2) is 5.14. The van der Waals surface area contributed by atoms with E-state index in [0.717, 1.165) is 0 Å². The van der Waals surface area contributed by atoms with Crippen molar-refractivity contribution in [2.24, 2.45) is 11.7 Å². The van der Waals surface area contributed by atoms with Crippen LogP contribution < -0.4 is 16.2 Å². The third kappa shape index (κ3) is 3.09. The number of amides is 1. The number of rotatable bonds is 2. The van der Waals surface area contributed by atoms with E-state index < -0.39 is 23.3 Å². The van der Waals surface area contributed by atoms with Crippen molar-refractivity contribution in [3.63, 3.8) is 0 Å². The number of piperidine rings is 1. The molecule has 3 N–H and O–H groups in total. The molecule has 0 spiro atoms. The molecule has 2 heterocycles. The Labute approximate surface area is 111 Å². The Morgan fingerprint density at radius 3 is 2.50 bits per heavy atom. The number of aromatic amines is 1. The molecule has 1 fully saturated rings. The summed E-state index contributed by atoms with van der Waals surface area (Å²) in [4.78, 5) is 29.5. The molecule has 1 aromatic heterocycles. The molecule has 2 rings (SSSR count). The second-order valence-corrected chi connectivity index (χ2v) is 4.62. The van der Waals surface area contributed by atoms with Gasteiger partial charge in [0.2, 0.25) is 11.9 Å². The number of nitrogens with zero attached hydrogens (tertiary/aromatic N) is 2. The van der Waals surface area contributed by atoms with E-state index in [4.69, 9.17) is 5.73 Å². The van der Waals surface area contributed by atoms with Crippen LogP contribution in [0.5, 0.6) is 0 Å². The van der Waals surface area contributed by atoms with Gasteiger partial charge in [0.1, 0.15) is 0 Å². The number of nitrogens with one attached hydrogen (secondary N) is 1. The number of H-pyrrole nitrogens is 1. The number of alkyl halides is 3. The number of carbonyl (C=O) groups excluding carboxylic acids is 1. The Balaban J connectivity index is 2.20. The average molecular weight is 290 g/mol. The van der Waals surface area contributed by atoms with Gasteiger partial charge in [0.15, 0.2) is 5.69 Å². The predicted octanol–water partition coefficient (Wildman–Crippen LogP) is 0.490. The van der Waals surface area contributed by atoms with E-state index in [-0.39, 0.29) is 11.9 Å². The molecule has 1 amide bonds. The lowest BCUT2D eigenvalue weighted by molar-refractivity contribution is -0.141. The first-order chi connectivity index (χ1) is 9.27. The number of primary amides is 1. The first-order valence-electron chi connectivity index (χ1n) is 6.00. The number of aromatic nitrogens is 2. The number of hydrogen-bond acceptors (Lipinski definition) is 4. The van der Waals surface area contributed by atoms with E-state index in [1.54, 1.807) is 0 Å². The molecule has 0 radical (unpaired) electrons. The Hall–Kier alpha value is -2.06. The first-order valence-corrected chi connectivity index (χ1v) is 6.00. The van der Waals surface area contributed by atoms with Gasteiger partial charge >= 0.3 is 6.18 Å². The SMILES string of the molecule is NC(=O)C1CCN(c2nc(C(F)(F)F)cc(=O)[nH]2)CC1. The summed E-state index contributed by atoms with van der Waals surface area (Å²) in [5.74, 6) is -0.841. The molecular weight excluding hydrogens is 277 g/mol. The Kier molecular flexibility index (Phi) is 3.69. The van der Waals surface area contributed by atoms with E-state index in [1.165, 1.54) is 4.90 Å². The zero-order chi connectivity index (χ0) is 14.9. The zero-order valence-electron chi connectivity index (χ0n) is 10.4. The van der Waals surface area contributed by atoms with Crippen LogP contribution in [0.1, 0.15) is 18.5 Å². The molecule has 1 aliphatic rings. The number of anilines is 1. The molecule has 1 aromatic rings. The minimum Gasteiger partial charge on any atom is -0.369 e. The van der Waals surface area contributed by atoms with Gasteiger partial charge in [0, 0.05) is 25.1 Å². The van der Waals surface area contributed by atoms with Crippen molar-refractivity contribution in [3.8, 4) is 0 Å². The van der Waals surface area contributed by atoms with Gasteiger partial charge in [-0.25, -0.2) is 4.98 Å². The summed E-state index contributed by atoms with van der Waals surface area (Å²) < 4.78 is 37.8. The van der Waals surface area contributed by atoms with Crippen molar-refractivity contribution in [2.75, 3.05) is 18.0 Å². The van der Waals surface area contributed by atoms with Crippen LogP contribution in [-0.4, -0.2) is 29.0 Å². The fourth-order valence-corrected chi connectivity index (χ4v) is 2.12. The Bertz CT molecular complexity index is 562. The fourth-order valence-electron chi connectivity index (χ4n) is 2.12. The van der Waals surface area contributed by atoms with Crippen molar-refractivity contribution in [1.29, 1.82) is 0 Å². The average Bonchev–Trinajstić information content (AvgIpc) is 2.37. The van der Waals surface area contributed by atoms with Crippen LogP contribution in [0.4, 0.5) is 19.1 Å². The highest BCUT2D eigenvalue weighted by molar-refractivity contribution is 5.76. The molecule has 0 atom stereocenters. The molecule has 20 heavy (non-hydrogen) atoms. The third-order valence-electron chi connectivity index (χ3n) is 3.22.